The van der Waals surface area contributed by atoms with Crippen LogP contribution in [0.3, 0.4) is 0 Å². The summed E-state index contributed by atoms with van der Waals surface area (Å²) < 4.78 is 28.2. The van der Waals surface area contributed by atoms with E-state index in [-0.39, 0.29) is 22.6 Å². The molecule has 1 atom stereocenters. The minimum Gasteiger partial charge on any atom is -0.493 e. The van der Waals surface area contributed by atoms with E-state index < -0.39 is 18.0 Å². The lowest BCUT2D eigenvalue weighted by molar-refractivity contribution is -0.136. The molecule has 11 heteroatoms. The van der Waals surface area contributed by atoms with Gasteiger partial charge in [-0.2, -0.15) is 0 Å². The van der Waals surface area contributed by atoms with Crippen molar-refractivity contribution in [2.75, 3.05) is 28.4 Å². The van der Waals surface area contributed by atoms with E-state index in [0.29, 0.717) is 32.1 Å². The smallest absolute Gasteiger partial charge is 0.338 e. The number of hydrogen-bond donors (Lipinski definition) is 0. The zero-order valence-corrected chi connectivity index (χ0v) is 22.5. The van der Waals surface area contributed by atoms with E-state index in [2.05, 4.69) is 4.99 Å². The van der Waals surface area contributed by atoms with Gasteiger partial charge in [-0.25, -0.2) is 9.79 Å². The molecule has 2 heterocycles. The molecule has 3 aromatic rings. The third kappa shape index (κ3) is 4.92. The average molecular weight is 539 g/mol. The average Bonchev–Trinajstić information content (AvgIpc) is 3.21. The van der Waals surface area contributed by atoms with Crippen molar-refractivity contribution < 1.29 is 33.3 Å². The molecule has 1 aliphatic heterocycles. The molecule has 0 radical (unpaired) electrons. The van der Waals surface area contributed by atoms with E-state index in [1.807, 2.05) is 0 Å². The molecule has 2 aromatic carbocycles. The van der Waals surface area contributed by atoms with Crippen molar-refractivity contribution in [1.29, 1.82) is 0 Å². The minimum atomic E-state index is -0.855. The third-order valence-electron chi connectivity index (χ3n) is 5.89. The van der Waals surface area contributed by atoms with Crippen LogP contribution in [0.2, 0.25) is 0 Å². The number of thiazole rings is 1. The Balaban J connectivity index is 1.93. The van der Waals surface area contributed by atoms with Gasteiger partial charge in [0.1, 0.15) is 0 Å². The number of rotatable bonds is 7. The minimum absolute atomic E-state index is 0.208. The van der Waals surface area contributed by atoms with Gasteiger partial charge in [0.15, 0.2) is 27.8 Å². The highest BCUT2D eigenvalue weighted by molar-refractivity contribution is 7.07. The van der Waals surface area contributed by atoms with Gasteiger partial charge in [0.2, 0.25) is 0 Å². The maximum absolute atomic E-state index is 13.8. The molecule has 1 unspecified atom stereocenters. The zero-order valence-electron chi connectivity index (χ0n) is 21.7. The van der Waals surface area contributed by atoms with Gasteiger partial charge < -0.3 is 23.7 Å². The number of ether oxygens (including phenoxy) is 5. The standard InChI is InChI=1S/C27H26N2O8S/c1-14-23(26(32)36-6)24(17-8-10-19(37-15(2)30)21(13-17)35-5)29-25(31)22(38-27(29)28-14)12-16-7-9-18(33-3)20(11-16)34-4/h7-13,24H,1-6H3/b22-12-. The molecule has 1 aliphatic rings. The Hall–Kier alpha value is -4.38. The van der Waals surface area contributed by atoms with Crippen LogP contribution in [-0.4, -0.2) is 44.9 Å². The number of carbonyl (C=O) groups excluding carboxylic acids is 2. The van der Waals surface area contributed by atoms with E-state index in [1.54, 1.807) is 56.5 Å². The molecule has 1 aromatic heterocycles. The van der Waals surface area contributed by atoms with Crippen molar-refractivity contribution in [3.63, 3.8) is 0 Å². The van der Waals surface area contributed by atoms with Crippen LogP contribution in [0.15, 0.2) is 57.5 Å². The number of hydrogen-bond acceptors (Lipinski definition) is 10. The Bertz CT molecular complexity index is 1630. The molecule has 4 rings (SSSR count). The second-order valence-electron chi connectivity index (χ2n) is 8.19. The molecule has 198 valence electrons. The molecule has 0 amide bonds. The second-order valence-corrected chi connectivity index (χ2v) is 9.20. The monoisotopic (exact) mass is 538 g/mol. The first kappa shape index (κ1) is 26.7. The van der Waals surface area contributed by atoms with Gasteiger partial charge >= 0.3 is 11.9 Å². The van der Waals surface area contributed by atoms with Crippen LogP contribution in [0, 0.1) is 0 Å². The van der Waals surface area contributed by atoms with Crippen molar-refractivity contribution in [1.82, 2.24) is 4.57 Å². The van der Waals surface area contributed by atoms with Crippen LogP contribution in [0.4, 0.5) is 0 Å². The zero-order chi connectivity index (χ0) is 27.6. The number of aromatic nitrogens is 1. The summed E-state index contributed by atoms with van der Waals surface area (Å²) in [5, 5.41) is 0. The summed E-state index contributed by atoms with van der Waals surface area (Å²) in [5.41, 5.74) is 1.56. The first-order chi connectivity index (χ1) is 18.2. The van der Waals surface area contributed by atoms with Crippen molar-refractivity contribution >= 4 is 29.4 Å². The molecule has 0 N–H and O–H groups in total. The molecule has 0 bridgehead atoms. The molecule has 0 aliphatic carbocycles. The second kappa shape index (κ2) is 10.9. The summed E-state index contributed by atoms with van der Waals surface area (Å²) >= 11 is 1.19. The predicted octanol–water partition coefficient (Wildman–Crippen LogP) is 2.36. The van der Waals surface area contributed by atoms with Crippen LogP contribution in [0.1, 0.15) is 31.0 Å². The van der Waals surface area contributed by atoms with Gasteiger partial charge in [-0.15, -0.1) is 0 Å². The summed E-state index contributed by atoms with van der Waals surface area (Å²) in [4.78, 5) is 43.1. The quantitative estimate of drug-likeness (QED) is 0.333. The summed E-state index contributed by atoms with van der Waals surface area (Å²) in [7, 11) is 5.79. The fraction of sp³-hybridized carbons (Fsp3) is 0.259. The van der Waals surface area contributed by atoms with E-state index in [1.165, 1.54) is 44.2 Å². The molecule has 0 saturated heterocycles. The lowest BCUT2D eigenvalue weighted by Gasteiger charge is -2.25. The number of carbonyl (C=O) groups is 2. The van der Waals surface area contributed by atoms with E-state index >= 15 is 0 Å². The Labute approximate surface area is 222 Å². The number of allylic oxidation sites excluding steroid dienone is 1. The summed E-state index contributed by atoms with van der Waals surface area (Å²) in [6.45, 7) is 2.97. The lowest BCUT2D eigenvalue weighted by atomic mass is 9.95. The van der Waals surface area contributed by atoms with Crippen LogP contribution >= 0.6 is 11.3 Å². The first-order valence-corrected chi connectivity index (χ1v) is 12.2. The van der Waals surface area contributed by atoms with Crippen LogP contribution < -0.4 is 33.8 Å². The van der Waals surface area contributed by atoms with E-state index in [4.69, 9.17) is 23.7 Å². The van der Waals surface area contributed by atoms with Crippen molar-refractivity contribution in [3.05, 3.63) is 78.5 Å². The fourth-order valence-electron chi connectivity index (χ4n) is 4.20. The molecule has 10 nitrogen and oxygen atoms in total. The van der Waals surface area contributed by atoms with Crippen LogP contribution in [-0.2, 0) is 14.3 Å². The molecule has 38 heavy (non-hydrogen) atoms. The number of benzene rings is 2. The van der Waals surface area contributed by atoms with Gasteiger partial charge in [0, 0.05) is 6.92 Å². The molecule has 0 spiro atoms. The van der Waals surface area contributed by atoms with Crippen molar-refractivity contribution in [3.8, 4) is 23.0 Å². The topological polar surface area (TPSA) is 115 Å². The number of fused-ring (bicyclic) bond motifs is 1. The lowest BCUT2D eigenvalue weighted by Crippen LogP contribution is -2.39. The molecular weight excluding hydrogens is 512 g/mol. The number of nitrogens with zero attached hydrogens (tertiary/aromatic N) is 2. The van der Waals surface area contributed by atoms with Crippen LogP contribution in [0.25, 0.3) is 6.08 Å². The molecule has 0 saturated carbocycles. The number of methoxy groups -OCH3 is 4. The SMILES string of the molecule is COC(=O)C1=C(C)N=c2s/c(=C\c3ccc(OC)c(OC)c3)c(=O)n2C1c1ccc(OC(C)=O)c(OC)c1. The number of esters is 2. The van der Waals surface area contributed by atoms with Crippen LogP contribution in [0.5, 0.6) is 23.0 Å². The molecule has 0 fully saturated rings. The Morgan fingerprint density at radius 2 is 1.61 bits per heavy atom. The Morgan fingerprint density at radius 1 is 0.947 bits per heavy atom. The summed E-state index contributed by atoms with van der Waals surface area (Å²) in [6.07, 6.45) is 1.73. The first-order valence-electron chi connectivity index (χ1n) is 11.4. The van der Waals surface area contributed by atoms with Gasteiger partial charge in [0.25, 0.3) is 5.56 Å². The summed E-state index contributed by atoms with van der Waals surface area (Å²) in [5.74, 6) is 0.443. The van der Waals surface area contributed by atoms with Gasteiger partial charge in [0.05, 0.1) is 50.3 Å². The predicted molar refractivity (Wildman–Crippen MR) is 140 cm³/mol. The molecular formula is C27H26N2O8S. The maximum Gasteiger partial charge on any atom is 0.338 e. The Morgan fingerprint density at radius 3 is 2.24 bits per heavy atom. The van der Waals surface area contributed by atoms with E-state index in [0.717, 1.165) is 5.56 Å². The van der Waals surface area contributed by atoms with Gasteiger partial charge in [-0.3, -0.25) is 14.2 Å². The third-order valence-corrected chi connectivity index (χ3v) is 6.87. The highest BCUT2D eigenvalue weighted by Crippen LogP contribution is 2.36. The fourth-order valence-corrected chi connectivity index (χ4v) is 5.24. The van der Waals surface area contributed by atoms with Crippen molar-refractivity contribution in [2.24, 2.45) is 4.99 Å². The van der Waals surface area contributed by atoms with E-state index in [9.17, 15) is 14.4 Å². The normalized spacial score (nSPS) is 14.9. The van der Waals surface area contributed by atoms with Gasteiger partial charge in [-0.05, 0) is 48.4 Å². The largest absolute Gasteiger partial charge is 0.493 e. The summed E-state index contributed by atoms with van der Waals surface area (Å²) in [6, 6.07) is 9.31. The maximum atomic E-state index is 13.8. The van der Waals surface area contributed by atoms with Gasteiger partial charge in [-0.1, -0.05) is 23.5 Å². The highest BCUT2D eigenvalue weighted by atomic mass is 32.1. The Kier molecular flexibility index (Phi) is 7.67. The van der Waals surface area contributed by atoms with Crippen molar-refractivity contribution in [2.45, 2.75) is 19.9 Å². The highest BCUT2D eigenvalue weighted by Gasteiger charge is 2.33.